The number of hydrogen-bond acceptors (Lipinski definition) is 7. The van der Waals surface area contributed by atoms with Gasteiger partial charge in [-0.2, -0.15) is 0 Å². The van der Waals surface area contributed by atoms with Crippen LogP contribution < -0.4 is 14.8 Å². The molecule has 2 aromatic carbocycles. The van der Waals surface area contributed by atoms with Gasteiger partial charge in [0.05, 0.1) is 24.3 Å². The van der Waals surface area contributed by atoms with Gasteiger partial charge in [-0.3, -0.25) is 9.69 Å². The number of urea groups is 1. The minimum atomic E-state index is -0.645. The lowest BCUT2D eigenvalue weighted by Crippen LogP contribution is -2.30. The van der Waals surface area contributed by atoms with E-state index in [4.69, 9.17) is 13.9 Å². The van der Waals surface area contributed by atoms with E-state index in [-0.39, 0.29) is 23.8 Å². The summed E-state index contributed by atoms with van der Waals surface area (Å²) in [7, 11) is 2.77. The first-order chi connectivity index (χ1) is 16.9. The number of halogens is 1. The monoisotopic (exact) mass is 588 g/mol. The third kappa shape index (κ3) is 5.48. The van der Waals surface area contributed by atoms with Crippen LogP contribution in [-0.2, 0) is 22.7 Å². The van der Waals surface area contributed by atoms with E-state index in [9.17, 15) is 14.4 Å². The van der Waals surface area contributed by atoms with Gasteiger partial charge in [-0.05, 0) is 64.1 Å². The van der Waals surface area contributed by atoms with Gasteiger partial charge in [-0.1, -0.05) is 30.3 Å². The van der Waals surface area contributed by atoms with Crippen molar-refractivity contribution in [2.75, 3.05) is 14.2 Å². The fourth-order valence-corrected chi connectivity index (χ4v) is 4.18. The number of nitrogens with zero attached hydrogens (tertiary/aromatic N) is 1. The van der Waals surface area contributed by atoms with Crippen molar-refractivity contribution in [3.63, 3.8) is 0 Å². The van der Waals surface area contributed by atoms with E-state index in [0.29, 0.717) is 23.7 Å². The largest absolute Gasteiger partial charge is 0.493 e. The van der Waals surface area contributed by atoms with Gasteiger partial charge in [0.15, 0.2) is 11.5 Å². The lowest BCUT2D eigenvalue weighted by Gasteiger charge is -2.14. The number of ether oxygens (including phenoxy) is 3. The highest BCUT2D eigenvalue weighted by Gasteiger charge is 2.34. The molecule has 1 saturated heterocycles. The maximum Gasteiger partial charge on any atom is 0.373 e. The van der Waals surface area contributed by atoms with Crippen molar-refractivity contribution in [3.8, 4) is 11.5 Å². The van der Waals surface area contributed by atoms with Crippen molar-refractivity contribution < 1.29 is 33.0 Å². The van der Waals surface area contributed by atoms with Crippen molar-refractivity contribution in [2.45, 2.75) is 13.2 Å². The smallest absolute Gasteiger partial charge is 0.373 e. The average molecular weight is 588 g/mol. The maximum absolute atomic E-state index is 12.9. The Morgan fingerprint density at radius 1 is 1.11 bits per heavy atom. The van der Waals surface area contributed by atoms with Gasteiger partial charge >= 0.3 is 12.0 Å². The number of carbonyl (C=O) groups excluding carboxylic acids is 3. The topological polar surface area (TPSA) is 107 Å². The normalized spacial score (nSPS) is 14.3. The van der Waals surface area contributed by atoms with Crippen LogP contribution in [0.15, 0.2) is 64.7 Å². The van der Waals surface area contributed by atoms with Crippen LogP contribution in [0.2, 0.25) is 0 Å². The highest BCUT2D eigenvalue weighted by atomic mass is 127. The third-order valence-electron chi connectivity index (χ3n) is 5.11. The molecule has 0 atom stereocenters. The Bertz CT molecular complexity index is 1300. The van der Waals surface area contributed by atoms with Gasteiger partial charge in [-0.25, -0.2) is 9.59 Å². The molecule has 2 heterocycles. The molecule has 0 aliphatic carbocycles. The van der Waals surface area contributed by atoms with E-state index in [1.165, 1.54) is 26.4 Å². The summed E-state index contributed by atoms with van der Waals surface area (Å²) in [6, 6.07) is 15.7. The Morgan fingerprint density at radius 2 is 1.89 bits per heavy atom. The van der Waals surface area contributed by atoms with E-state index >= 15 is 0 Å². The van der Waals surface area contributed by atoms with Gasteiger partial charge < -0.3 is 23.9 Å². The second kappa shape index (κ2) is 10.6. The highest BCUT2D eigenvalue weighted by Crippen LogP contribution is 2.35. The number of methoxy groups -OCH3 is 2. The van der Waals surface area contributed by atoms with Gasteiger partial charge in [0.2, 0.25) is 5.76 Å². The predicted molar refractivity (Wildman–Crippen MR) is 134 cm³/mol. The van der Waals surface area contributed by atoms with Crippen LogP contribution in [0.1, 0.15) is 27.4 Å². The zero-order valence-electron chi connectivity index (χ0n) is 18.9. The molecule has 3 aromatic rings. The molecule has 0 radical (unpaired) electrons. The number of carbonyl (C=O) groups is 3. The van der Waals surface area contributed by atoms with Crippen LogP contribution >= 0.6 is 22.6 Å². The van der Waals surface area contributed by atoms with Crippen LogP contribution in [-0.4, -0.2) is 37.0 Å². The molecular weight excluding hydrogens is 567 g/mol. The molecule has 0 saturated carbocycles. The summed E-state index contributed by atoms with van der Waals surface area (Å²) >= 11 is 2.14. The number of hydrogen-bond donors (Lipinski definition) is 1. The quantitative estimate of drug-likeness (QED) is 0.181. The highest BCUT2D eigenvalue weighted by molar-refractivity contribution is 14.1. The minimum Gasteiger partial charge on any atom is -0.493 e. The SMILES string of the molecule is COC(=O)c1ccc(CN2C(=O)N/C(=C\c3cc(I)c(OCc4ccccc4)c(OC)c3)C2=O)o1. The van der Waals surface area contributed by atoms with Gasteiger partial charge in [-0.15, -0.1) is 0 Å². The zero-order valence-corrected chi connectivity index (χ0v) is 21.0. The molecule has 4 rings (SSSR count). The first kappa shape index (κ1) is 24.3. The van der Waals surface area contributed by atoms with Crippen molar-refractivity contribution in [3.05, 3.63) is 86.5 Å². The fraction of sp³-hybridized carbons (Fsp3) is 0.160. The lowest BCUT2D eigenvalue weighted by molar-refractivity contribution is -0.123. The summed E-state index contributed by atoms with van der Waals surface area (Å²) in [6.07, 6.45) is 1.56. The molecule has 0 spiro atoms. The first-order valence-electron chi connectivity index (χ1n) is 10.5. The van der Waals surface area contributed by atoms with Crippen LogP contribution in [0.5, 0.6) is 11.5 Å². The van der Waals surface area contributed by atoms with E-state index < -0.39 is 17.9 Å². The van der Waals surface area contributed by atoms with Crippen molar-refractivity contribution in [1.82, 2.24) is 10.2 Å². The fourth-order valence-electron chi connectivity index (χ4n) is 3.40. The van der Waals surface area contributed by atoms with Crippen molar-refractivity contribution >= 4 is 46.6 Å². The number of amides is 3. The Labute approximate surface area is 214 Å². The molecule has 1 aromatic heterocycles. The summed E-state index contributed by atoms with van der Waals surface area (Å²) in [5.41, 5.74) is 1.77. The van der Waals surface area contributed by atoms with Crippen LogP contribution in [0.3, 0.4) is 0 Å². The van der Waals surface area contributed by atoms with Crippen LogP contribution in [0.4, 0.5) is 4.79 Å². The Morgan fingerprint density at radius 3 is 2.60 bits per heavy atom. The number of imide groups is 1. The summed E-state index contributed by atoms with van der Waals surface area (Å²) < 4.78 is 22.2. The average Bonchev–Trinajstić information content (AvgIpc) is 3.43. The van der Waals surface area contributed by atoms with Gasteiger partial charge in [0.25, 0.3) is 5.91 Å². The molecule has 1 fully saturated rings. The Hall–Kier alpha value is -3.80. The van der Waals surface area contributed by atoms with Crippen LogP contribution in [0.25, 0.3) is 6.08 Å². The third-order valence-corrected chi connectivity index (χ3v) is 5.91. The van der Waals surface area contributed by atoms with E-state index in [1.807, 2.05) is 36.4 Å². The van der Waals surface area contributed by atoms with E-state index in [1.54, 1.807) is 12.1 Å². The summed E-state index contributed by atoms with van der Waals surface area (Å²) in [5.74, 6) is 0.173. The molecular formula is C25H21IN2O7. The summed E-state index contributed by atoms with van der Waals surface area (Å²) in [5, 5.41) is 2.57. The maximum atomic E-state index is 12.9. The minimum absolute atomic E-state index is 0.0124. The molecule has 1 aliphatic heterocycles. The number of nitrogens with one attached hydrogen (secondary N) is 1. The van der Waals surface area contributed by atoms with Crippen molar-refractivity contribution in [2.24, 2.45) is 0 Å². The van der Waals surface area contributed by atoms with Gasteiger partial charge in [0, 0.05) is 0 Å². The van der Waals surface area contributed by atoms with E-state index in [2.05, 4.69) is 32.6 Å². The molecule has 9 nitrogen and oxygen atoms in total. The molecule has 180 valence electrons. The van der Waals surface area contributed by atoms with E-state index in [0.717, 1.165) is 14.0 Å². The van der Waals surface area contributed by atoms with Crippen LogP contribution in [0, 0.1) is 3.57 Å². The lowest BCUT2D eigenvalue weighted by atomic mass is 10.1. The number of esters is 1. The summed E-state index contributed by atoms with van der Waals surface area (Å²) in [6.45, 7) is 0.244. The second-order valence-electron chi connectivity index (χ2n) is 7.45. The molecule has 0 unspecified atom stereocenters. The second-order valence-corrected chi connectivity index (χ2v) is 8.61. The molecule has 35 heavy (non-hydrogen) atoms. The molecule has 10 heteroatoms. The predicted octanol–water partition coefficient (Wildman–Crippen LogP) is 4.35. The standard InChI is InChI=1S/C25H21IN2O7/c1-32-21-12-16(10-18(26)22(21)34-14-15-6-4-3-5-7-15)11-19-23(29)28(25(31)27-19)13-17-8-9-20(35-17)24(30)33-2/h3-12H,13-14H2,1-2H3,(H,27,31)/b19-11-. The molecule has 0 bridgehead atoms. The zero-order chi connectivity index (χ0) is 24.9. The molecule has 1 N–H and O–H groups in total. The number of furan rings is 1. The van der Waals surface area contributed by atoms with Crippen molar-refractivity contribution in [1.29, 1.82) is 0 Å². The summed E-state index contributed by atoms with van der Waals surface area (Å²) in [4.78, 5) is 37.8. The number of benzene rings is 2. The number of rotatable bonds is 8. The van der Waals surface area contributed by atoms with Gasteiger partial charge in [0.1, 0.15) is 18.1 Å². The Balaban J connectivity index is 1.51. The molecule has 1 aliphatic rings. The Kier molecular flexibility index (Phi) is 7.39. The first-order valence-corrected chi connectivity index (χ1v) is 11.5. The molecule has 3 amide bonds.